The van der Waals surface area contributed by atoms with Gasteiger partial charge in [0.2, 0.25) is 0 Å². The van der Waals surface area contributed by atoms with Gasteiger partial charge in [0.25, 0.3) is 50.0 Å². The van der Waals surface area contributed by atoms with Gasteiger partial charge in [-0.1, -0.05) is 96.8 Å². The Morgan fingerprint density at radius 3 is 1.24 bits per heavy atom. The standard InChI is InChI=1S/C17H46O6Si6/c1-3-4-5-6-7-8-9-10-11-12-13-14-15-16-17-29(2)22-27-20-25-18-24-19-26-21-28-23-29/h3-17,24-28H2,1-2H3. The Bertz CT molecular complexity index is 346. The van der Waals surface area contributed by atoms with Crippen LogP contribution in [0.3, 0.4) is 0 Å². The molecule has 0 spiro atoms. The van der Waals surface area contributed by atoms with Crippen molar-refractivity contribution in [2.75, 3.05) is 0 Å². The van der Waals surface area contributed by atoms with Crippen LogP contribution in [0.1, 0.15) is 96.8 Å². The first kappa shape index (κ1) is 28.1. The van der Waals surface area contributed by atoms with Crippen LogP contribution in [0.15, 0.2) is 0 Å². The molecule has 0 aromatic rings. The summed E-state index contributed by atoms with van der Waals surface area (Å²) in [6, 6.07) is 1.07. The molecule has 1 saturated heterocycles. The third-order valence-corrected chi connectivity index (χ3v) is 17.8. The van der Waals surface area contributed by atoms with Crippen molar-refractivity contribution in [1.29, 1.82) is 0 Å². The highest BCUT2D eigenvalue weighted by molar-refractivity contribution is 6.74. The maximum absolute atomic E-state index is 6.15. The van der Waals surface area contributed by atoms with Crippen molar-refractivity contribution in [2.24, 2.45) is 0 Å². The minimum Gasteiger partial charge on any atom is -0.425 e. The fourth-order valence-electron chi connectivity index (χ4n) is 3.47. The van der Waals surface area contributed by atoms with E-state index < -0.39 is 58.6 Å². The van der Waals surface area contributed by atoms with Crippen molar-refractivity contribution in [3.63, 3.8) is 0 Å². The quantitative estimate of drug-likeness (QED) is 0.245. The molecule has 0 bridgehead atoms. The highest BCUT2D eigenvalue weighted by atomic mass is 28.5. The molecule has 0 N–H and O–H groups in total. The molecule has 0 aromatic carbocycles. The maximum Gasteiger partial charge on any atom is 0.316 e. The lowest BCUT2D eigenvalue weighted by Crippen LogP contribution is -2.43. The molecule has 0 saturated carbocycles. The molecule has 1 aliphatic rings. The predicted molar refractivity (Wildman–Crippen MR) is 136 cm³/mol. The number of rotatable bonds is 15. The molecular formula is C17H46O6Si6. The molecule has 1 aliphatic heterocycles. The second kappa shape index (κ2) is 20.9. The Balaban J connectivity index is 1.96. The van der Waals surface area contributed by atoms with E-state index in [1.165, 1.54) is 89.9 Å². The van der Waals surface area contributed by atoms with E-state index >= 15 is 0 Å². The lowest BCUT2D eigenvalue weighted by molar-refractivity contribution is 0.317. The van der Waals surface area contributed by atoms with E-state index in [1.54, 1.807) is 0 Å². The van der Waals surface area contributed by atoms with E-state index in [0.29, 0.717) is 0 Å². The second-order valence-corrected chi connectivity index (χ2v) is 21.0. The molecule has 29 heavy (non-hydrogen) atoms. The van der Waals surface area contributed by atoms with Gasteiger partial charge in [-0.05, 0) is 12.6 Å². The van der Waals surface area contributed by atoms with E-state index in [4.69, 9.17) is 24.7 Å². The Morgan fingerprint density at radius 1 is 0.483 bits per heavy atom. The van der Waals surface area contributed by atoms with Gasteiger partial charge in [0, 0.05) is 0 Å². The van der Waals surface area contributed by atoms with Gasteiger partial charge in [-0.25, -0.2) is 0 Å². The summed E-state index contributed by atoms with van der Waals surface area (Å²) in [6.07, 6.45) is 19.4. The first-order valence-electron chi connectivity index (χ1n) is 11.9. The largest absolute Gasteiger partial charge is 0.425 e. The van der Waals surface area contributed by atoms with Crippen LogP contribution in [-0.4, -0.2) is 58.6 Å². The minimum absolute atomic E-state index is 0.857. The van der Waals surface area contributed by atoms with Crippen LogP contribution in [0, 0.1) is 0 Å². The number of hydrogen-bond donors (Lipinski definition) is 0. The van der Waals surface area contributed by atoms with Gasteiger partial charge in [-0.3, -0.25) is 0 Å². The van der Waals surface area contributed by atoms with Crippen LogP contribution in [0.5, 0.6) is 0 Å². The van der Waals surface area contributed by atoms with Gasteiger partial charge < -0.3 is 24.7 Å². The SMILES string of the molecule is CCCCCCCCCCCCCCCC[Si]1(C)O[SiH2]O[SiH2]O[SiH2]O[SiH2]O[SiH2]O1. The summed E-state index contributed by atoms with van der Waals surface area (Å²) in [5.41, 5.74) is 0. The summed E-state index contributed by atoms with van der Waals surface area (Å²) in [5.74, 6) is 0. The van der Waals surface area contributed by atoms with E-state index in [2.05, 4.69) is 13.5 Å². The first-order valence-corrected chi connectivity index (χ1v) is 20.2. The lowest BCUT2D eigenvalue weighted by Gasteiger charge is -2.28. The molecule has 1 rings (SSSR count). The van der Waals surface area contributed by atoms with Crippen molar-refractivity contribution in [1.82, 2.24) is 0 Å². The summed E-state index contributed by atoms with van der Waals surface area (Å²) in [4.78, 5) is 0. The summed E-state index contributed by atoms with van der Waals surface area (Å²) >= 11 is 0. The fraction of sp³-hybridized carbons (Fsp3) is 1.00. The third-order valence-electron chi connectivity index (χ3n) is 5.38. The topological polar surface area (TPSA) is 55.4 Å². The summed E-state index contributed by atoms with van der Waals surface area (Å²) < 4.78 is 34.6. The third kappa shape index (κ3) is 18.3. The fourth-order valence-corrected chi connectivity index (χ4v) is 16.4. The van der Waals surface area contributed by atoms with Crippen LogP contribution >= 0.6 is 0 Å². The summed E-state index contributed by atoms with van der Waals surface area (Å²) in [6.45, 7) is 4.47. The zero-order valence-electron chi connectivity index (χ0n) is 19.1. The average molecular weight is 515 g/mol. The average Bonchev–Trinajstić information content (AvgIpc) is 2.71. The second-order valence-electron chi connectivity index (χ2n) is 8.17. The van der Waals surface area contributed by atoms with Crippen LogP contribution in [0.25, 0.3) is 0 Å². The molecule has 174 valence electrons. The molecule has 12 heteroatoms. The zero-order valence-corrected chi connectivity index (χ0v) is 27.2. The van der Waals surface area contributed by atoms with Crippen LogP contribution in [0.2, 0.25) is 12.6 Å². The monoisotopic (exact) mass is 514 g/mol. The number of unbranched alkanes of at least 4 members (excludes halogenated alkanes) is 13. The molecule has 1 fully saturated rings. The molecule has 1 heterocycles. The van der Waals surface area contributed by atoms with Gasteiger partial charge in [-0.15, -0.1) is 0 Å². The van der Waals surface area contributed by atoms with Gasteiger partial charge in [0.1, 0.15) is 0 Å². The first-order chi connectivity index (χ1) is 14.3. The Kier molecular flexibility index (Phi) is 20.3. The smallest absolute Gasteiger partial charge is 0.316 e. The van der Waals surface area contributed by atoms with E-state index in [1.807, 2.05) is 0 Å². The van der Waals surface area contributed by atoms with Gasteiger partial charge >= 0.3 is 8.56 Å². The molecule has 0 atom stereocenters. The Hall–Kier alpha value is 1.06. The highest BCUT2D eigenvalue weighted by Gasteiger charge is 2.30. The van der Waals surface area contributed by atoms with Gasteiger partial charge in [-0.2, -0.15) is 0 Å². The summed E-state index contributed by atoms with van der Waals surface area (Å²) in [5, 5.41) is 0. The molecule has 0 unspecified atom stereocenters. The van der Waals surface area contributed by atoms with Crippen molar-refractivity contribution in [3.8, 4) is 0 Å². The van der Waals surface area contributed by atoms with E-state index in [9.17, 15) is 0 Å². The zero-order chi connectivity index (χ0) is 20.9. The van der Waals surface area contributed by atoms with E-state index in [-0.39, 0.29) is 0 Å². The normalized spacial score (nSPS) is 26.3. The molecule has 0 aliphatic carbocycles. The van der Waals surface area contributed by atoms with Gasteiger partial charge in [0.15, 0.2) is 0 Å². The van der Waals surface area contributed by atoms with Crippen molar-refractivity contribution >= 4 is 58.6 Å². The highest BCUT2D eigenvalue weighted by Crippen LogP contribution is 2.19. The minimum atomic E-state index is -2.10. The van der Waals surface area contributed by atoms with Crippen molar-refractivity contribution < 1.29 is 24.7 Å². The van der Waals surface area contributed by atoms with Crippen molar-refractivity contribution in [3.05, 3.63) is 0 Å². The number of hydrogen-bond acceptors (Lipinski definition) is 6. The molecule has 6 nitrogen and oxygen atoms in total. The Labute approximate surface area is 192 Å². The molecule has 0 amide bonds. The van der Waals surface area contributed by atoms with Crippen LogP contribution in [-0.2, 0) is 24.7 Å². The predicted octanol–water partition coefficient (Wildman–Crippen LogP) is 1.65. The van der Waals surface area contributed by atoms with Crippen LogP contribution in [0.4, 0.5) is 0 Å². The lowest BCUT2D eigenvalue weighted by atomic mass is 10.0. The summed E-state index contributed by atoms with van der Waals surface area (Å²) in [7, 11) is -6.66. The molecular weight excluding hydrogens is 469 g/mol. The van der Waals surface area contributed by atoms with Crippen LogP contribution < -0.4 is 0 Å². The Morgan fingerprint density at radius 2 is 0.828 bits per heavy atom. The van der Waals surface area contributed by atoms with Crippen molar-refractivity contribution in [2.45, 2.75) is 109 Å². The molecule has 0 aromatic heterocycles. The van der Waals surface area contributed by atoms with E-state index in [0.717, 1.165) is 6.04 Å². The van der Waals surface area contributed by atoms with Gasteiger partial charge in [0.05, 0.1) is 0 Å². The maximum atomic E-state index is 6.15. The molecule has 0 radical (unpaired) electrons.